The Morgan fingerprint density at radius 3 is 2.50 bits per heavy atom. The SMILES string of the molecule is CC1CN(c2ccccc2CBr)CC(C)S1. The van der Waals surface area contributed by atoms with Crippen LogP contribution in [-0.2, 0) is 5.33 Å². The van der Waals surface area contributed by atoms with Crippen molar-refractivity contribution in [3.63, 3.8) is 0 Å². The molecule has 0 spiro atoms. The molecule has 1 aromatic carbocycles. The summed E-state index contributed by atoms with van der Waals surface area (Å²) in [6.07, 6.45) is 0. The highest BCUT2D eigenvalue weighted by atomic mass is 79.9. The zero-order chi connectivity index (χ0) is 11.5. The van der Waals surface area contributed by atoms with E-state index in [9.17, 15) is 0 Å². The lowest BCUT2D eigenvalue weighted by molar-refractivity contribution is 0.726. The molecule has 88 valence electrons. The number of hydrogen-bond donors (Lipinski definition) is 0. The molecule has 2 atom stereocenters. The monoisotopic (exact) mass is 299 g/mol. The van der Waals surface area contributed by atoms with Crippen LogP contribution in [0.1, 0.15) is 19.4 Å². The third kappa shape index (κ3) is 2.75. The molecule has 16 heavy (non-hydrogen) atoms. The Morgan fingerprint density at radius 2 is 1.88 bits per heavy atom. The van der Waals surface area contributed by atoms with E-state index in [2.05, 4.69) is 70.7 Å². The molecule has 2 unspecified atom stereocenters. The molecule has 2 rings (SSSR count). The van der Waals surface area contributed by atoms with Gasteiger partial charge in [-0.25, -0.2) is 0 Å². The molecule has 1 nitrogen and oxygen atoms in total. The topological polar surface area (TPSA) is 3.24 Å². The highest BCUT2D eigenvalue weighted by Gasteiger charge is 2.23. The first kappa shape index (κ1) is 12.3. The number of hydrogen-bond acceptors (Lipinski definition) is 2. The molecular formula is C13H18BrNS. The highest BCUT2D eigenvalue weighted by Crippen LogP contribution is 2.31. The van der Waals surface area contributed by atoms with Crippen LogP contribution in [0, 0.1) is 0 Å². The predicted octanol–water partition coefficient (Wildman–Crippen LogP) is 3.91. The van der Waals surface area contributed by atoms with E-state index in [1.165, 1.54) is 24.3 Å². The Morgan fingerprint density at radius 1 is 1.25 bits per heavy atom. The molecule has 0 bridgehead atoms. The summed E-state index contributed by atoms with van der Waals surface area (Å²) in [5.41, 5.74) is 2.80. The van der Waals surface area contributed by atoms with Gasteiger partial charge in [0.2, 0.25) is 0 Å². The number of halogens is 1. The fourth-order valence-electron chi connectivity index (χ4n) is 2.31. The summed E-state index contributed by atoms with van der Waals surface area (Å²) in [5.74, 6) is 0. The molecule has 0 radical (unpaired) electrons. The maximum absolute atomic E-state index is 3.57. The molecular weight excluding hydrogens is 282 g/mol. The summed E-state index contributed by atoms with van der Waals surface area (Å²) >= 11 is 5.67. The van der Waals surface area contributed by atoms with E-state index in [0.29, 0.717) is 0 Å². The van der Waals surface area contributed by atoms with Crippen molar-refractivity contribution in [3.8, 4) is 0 Å². The lowest BCUT2D eigenvalue weighted by Gasteiger charge is -2.37. The number of alkyl halides is 1. The van der Waals surface area contributed by atoms with Crippen molar-refractivity contribution < 1.29 is 0 Å². The first-order chi connectivity index (χ1) is 7.70. The molecule has 1 aliphatic heterocycles. The van der Waals surface area contributed by atoms with Gasteiger partial charge >= 0.3 is 0 Å². The summed E-state index contributed by atoms with van der Waals surface area (Å²) in [4.78, 5) is 2.53. The average Bonchev–Trinajstić information content (AvgIpc) is 2.27. The lowest BCUT2D eigenvalue weighted by Crippen LogP contribution is -2.40. The molecule has 3 heteroatoms. The Bertz CT molecular complexity index is 346. The van der Waals surface area contributed by atoms with Gasteiger partial charge in [0.15, 0.2) is 0 Å². The molecule has 1 aliphatic rings. The van der Waals surface area contributed by atoms with Gasteiger partial charge in [-0.1, -0.05) is 48.0 Å². The van der Waals surface area contributed by atoms with Gasteiger partial charge in [-0.3, -0.25) is 0 Å². The number of nitrogens with zero attached hydrogens (tertiary/aromatic N) is 1. The van der Waals surface area contributed by atoms with E-state index in [1.54, 1.807) is 0 Å². The van der Waals surface area contributed by atoms with Gasteiger partial charge in [-0.05, 0) is 11.6 Å². The average molecular weight is 300 g/mol. The fourth-order valence-corrected chi connectivity index (χ4v) is 4.11. The van der Waals surface area contributed by atoms with E-state index in [-0.39, 0.29) is 0 Å². The second-order valence-electron chi connectivity index (χ2n) is 4.42. The van der Waals surface area contributed by atoms with E-state index in [0.717, 1.165) is 15.8 Å². The van der Waals surface area contributed by atoms with Crippen LogP contribution in [0.2, 0.25) is 0 Å². The van der Waals surface area contributed by atoms with Crippen molar-refractivity contribution in [2.75, 3.05) is 18.0 Å². The first-order valence-electron chi connectivity index (χ1n) is 5.75. The minimum atomic E-state index is 0.729. The van der Waals surface area contributed by atoms with Gasteiger partial charge in [0.25, 0.3) is 0 Å². The maximum atomic E-state index is 3.57. The number of anilines is 1. The van der Waals surface area contributed by atoms with Crippen LogP contribution in [0.3, 0.4) is 0 Å². The van der Waals surface area contributed by atoms with Crippen molar-refractivity contribution in [1.29, 1.82) is 0 Å². The zero-order valence-corrected chi connectivity index (χ0v) is 12.2. The summed E-state index contributed by atoms with van der Waals surface area (Å²) < 4.78 is 0. The van der Waals surface area contributed by atoms with Crippen molar-refractivity contribution >= 4 is 33.4 Å². The summed E-state index contributed by atoms with van der Waals surface area (Å²) in [6.45, 7) is 6.98. The van der Waals surface area contributed by atoms with Gasteiger partial charge in [-0.2, -0.15) is 11.8 Å². The molecule has 0 saturated carbocycles. The smallest absolute Gasteiger partial charge is 0.0408 e. The molecule has 1 fully saturated rings. The number of benzene rings is 1. The van der Waals surface area contributed by atoms with Crippen LogP contribution in [0.5, 0.6) is 0 Å². The van der Waals surface area contributed by atoms with Crippen LogP contribution in [0.15, 0.2) is 24.3 Å². The second kappa shape index (κ2) is 5.46. The summed E-state index contributed by atoms with van der Waals surface area (Å²) in [7, 11) is 0. The van der Waals surface area contributed by atoms with Crippen LogP contribution in [-0.4, -0.2) is 23.6 Å². The first-order valence-corrected chi connectivity index (χ1v) is 7.81. The van der Waals surface area contributed by atoms with Crippen LogP contribution in [0.4, 0.5) is 5.69 Å². The van der Waals surface area contributed by atoms with Crippen LogP contribution >= 0.6 is 27.7 Å². The quantitative estimate of drug-likeness (QED) is 0.762. The molecule has 0 amide bonds. The van der Waals surface area contributed by atoms with Crippen molar-refractivity contribution in [1.82, 2.24) is 0 Å². The second-order valence-corrected chi connectivity index (χ2v) is 6.87. The number of thioether (sulfide) groups is 1. The third-order valence-electron chi connectivity index (χ3n) is 2.90. The molecule has 1 aromatic rings. The van der Waals surface area contributed by atoms with Crippen LogP contribution in [0.25, 0.3) is 0 Å². The zero-order valence-electron chi connectivity index (χ0n) is 9.82. The Balaban J connectivity index is 2.22. The largest absolute Gasteiger partial charge is 0.369 e. The molecule has 0 aliphatic carbocycles. The van der Waals surface area contributed by atoms with E-state index < -0.39 is 0 Å². The minimum Gasteiger partial charge on any atom is -0.369 e. The van der Waals surface area contributed by atoms with Gasteiger partial charge in [-0.15, -0.1) is 0 Å². The summed E-state index contributed by atoms with van der Waals surface area (Å²) in [5, 5.41) is 2.40. The number of para-hydroxylation sites is 1. The Hall–Kier alpha value is -0.150. The maximum Gasteiger partial charge on any atom is 0.0408 e. The fraction of sp³-hybridized carbons (Fsp3) is 0.538. The Labute approximate surface area is 111 Å². The van der Waals surface area contributed by atoms with Crippen molar-refractivity contribution in [2.45, 2.75) is 29.7 Å². The molecule has 0 N–H and O–H groups in total. The van der Waals surface area contributed by atoms with Crippen molar-refractivity contribution in [2.24, 2.45) is 0 Å². The molecule has 1 heterocycles. The standard InChI is InChI=1S/C13H18BrNS/c1-10-8-15(9-11(2)16-10)13-6-4-3-5-12(13)7-14/h3-6,10-11H,7-9H2,1-2H3. The molecule has 1 saturated heterocycles. The van der Waals surface area contributed by atoms with Crippen molar-refractivity contribution in [3.05, 3.63) is 29.8 Å². The minimum absolute atomic E-state index is 0.729. The third-order valence-corrected chi connectivity index (χ3v) is 4.73. The lowest BCUT2D eigenvalue weighted by atomic mass is 10.1. The normalized spacial score (nSPS) is 25.8. The molecule has 0 aromatic heterocycles. The van der Waals surface area contributed by atoms with E-state index >= 15 is 0 Å². The van der Waals surface area contributed by atoms with Gasteiger partial charge in [0, 0.05) is 34.6 Å². The Kier molecular flexibility index (Phi) is 4.20. The van der Waals surface area contributed by atoms with Gasteiger partial charge < -0.3 is 4.90 Å². The summed E-state index contributed by atoms with van der Waals surface area (Å²) in [6, 6.07) is 8.71. The highest BCUT2D eigenvalue weighted by molar-refractivity contribution is 9.08. The predicted molar refractivity (Wildman–Crippen MR) is 77.8 cm³/mol. The van der Waals surface area contributed by atoms with E-state index in [1.807, 2.05) is 0 Å². The van der Waals surface area contributed by atoms with Gasteiger partial charge in [0.05, 0.1) is 0 Å². The number of rotatable bonds is 2. The van der Waals surface area contributed by atoms with Crippen LogP contribution < -0.4 is 4.90 Å². The van der Waals surface area contributed by atoms with Gasteiger partial charge in [0.1, 0.15) is 0 Å². The van der Waals surface area contributed by atoms with E-state index in [4.69, 9.17) is 0 Å².